The van der Waals surface area contributed by atoms with Gasteiger partial charge in [-0.1, -0.05) is 43.5 Å². The fourth-order valence-corrected chi connectivity index (χ4v) is 2.77. The van der Waals surface area contributed by atoms with E-state index in [0.29, 0.717) is 17.1 Å². The zero-order valence-electron chi connectivity index (χ0n) is 9.71. The van der Waals surface area contributed by atoms with E-state index < -0.39 is 0 Å². The molecule has 0 N–H and O–H groups in total. The maximum atomic E-state index is 12.3. The van der Waals surface area contributed by atoms with Crippen LogP contribution < -0.4 is 0 Å². The summed E-state index contributed by atoms with van der Waals surface area (Å²) in [5.41, 5.74) is 0.610. The van der Waals surface area contributed by atoms with Crippen molar-refractivity contribution in [3.8, 4) is 0 Å². The van der Waals surface area contributed by atoms with E-state index >= 15 is 0 Å². The van der Waals surface area contributed by atoms with Gasteiger partial charge in [-0.25, -0.2) is 0 Å². The molecule has 94 valence electrons. The molecule has 1 rings (SSSR count). The number of nitrogens with zero attached hydrogens (tertiary/aromatic N) is 1. The van der Waals surface area contributed by atoms with Gasteiger partial charge in [-0.15, -0.1) is 0 Å². The van der Waals surface area contributed by atoms with Crippen LogP contribution in [-0.2, 0) is 0 Å². The molecule has 0 aliphatic rings. The third-order valence-electron chi connectivity index (χ3n) is 2.32. The molecule has 0 bridgehead atoms. The summed E-state index contributed by atoms with van der Waals surface area (Å²) < 4.78 is 0.816. The molecule has 0 aliphatic heterocycles. The Bertz CT molecular complexity index is 389. The number of alkyl halides is 1. The SMILES string of the molecule is CC(C)N(CCBr)C(=O)c1cc(Cl)cc(Br)c1. The number of amides is 1. The van der Waals surface area contributed by atoms with Crippen molar-refractivity contribution >= 4 is 49.4 Å². The largest absolute Gasteiger partial charge is 0.335 e. The van der Waals surface area contributed by atoms with Gasteiger partial charge in [0.15, 0.2) is 0 Å². The number of hydrogen-bond donors (Lipinski definition) is 0. The van der Waals surface area contributed by atoms with Gasteiger partial charge in [-0.2, -0.15) is 0 Å². The fourth-order valence-electron chi connectivity index (χ4n) is 1.53. The van der Waals surface area contributed by atoms with E-state index in [1.165, 1.54) is 0 Å². The van der Waals surface area contributed by atoms with E-state index in [2.05, 4.69) is 31.9 Å². The molecule has 0 heterocycles. The summed E-state index contributed by atoms with van der Waals surface area (Å²) in [6.45, 7) is 4.68. The molecule has 0 aromatic heterocycles. The van der Waals surface area contributed by atoms with Crippen LogP contribution in [0.3, 0.4) is 0 Å². The van der Waals surface area contributed by atoms with Gasteiger partial charge >= 0.3 is 0 Å². The molecule has 1 aromatic rings. The predicted molar refractivity (Wildman–Crippen MR) is 79.1 cm³/mol. The third-order valence-corrected chi connectivity index (χ3v) is 3.35. The highest BCUT2D eigenvalue weighted by molar-refractivity contribution is 9.10. The van der Waals surface area contributed by atoms with Gasteiger partial charge in [0.2, 0.25) is 0 Å². The first-order valence-electron chi connectivity index (χ1n) is 5.28. The number of carbonyl (C=O) groups excluding carboxylic acids is 1. The van der Waals surface area contributed by atoms with Crippen LogP contribution in [0.1, 0.15) is 24.2 Å². The van der Waals surface area contributed by atoms with Crippen molar-refractivity contribution in [2.75, 3.05) is 11.9 Å². The number of hydrogen-bond acceptors (Lipinski definition) is 1. The minimum atomic E-state index is 0.00245. The Morgan fingerprint density at radius 2 is 2.06 bits per heavy atom. The Kier molecular flexibility index (Phi) is 5.97. The van der Waals surface area contributed by atoms with Crippen LogP contribution >= 0.6 is 43.5 Å². The summed E-state index contributed by atoms with van der Waals surface area (Å²) in [5, 5.41) is 1.32. The maximum Gasteiger partial charge on any atom is 0.254 e. The summed E-state index contributed by atoms with van der Waals surface area (Å²) in [4.78, 5) is 14.1. The normalized spacial score (nSPS) is 10.7. The molecule has 0 fully saturated rings. The molecule has 0 atom stereocenters. The highest BCUT2D eigenvalue weighted by Gasteiger charge is 2.18. The summed E-state index contributed by atoms with van der Waals surface area (Å²) >= 11 is 12.6. The monoisotopic (exact) mass is 381 g/mol. The lowest BCUT2D eigenvalue weighted by Crippen LogP contribution is -2.38. The van der Waals surface area contributed by atoms with Crippen molar-refractivity contribution in [1.29, 1.82) is 0 Å². The summed E-state index contributed by atoms with van der Waals surface area (Å²) in [6.07, 6.45) is 0. The Labute approximate surface area is 124 Å². The van der Waals surface area contributed by atoms with E-state index in [-0.39, 0.29) is 11.9 Å². The minimum absolute atomic E-state index is 0.00245. The van der Waals surface area contributed by atoms with Crippen molar-refractivity contribution < 1.29 is 4.79 Å². The van der Waals surface area contributed by atoms with Gasteiger partial charge in [-0.3, -0.25) is 4.79 Å². The van der Waals surface area contributed by atoms with Crippen LogP contribution in [-0.4, -0.2) is 28.7 Å². The molecular formula is C12H14Br2ClNO. The number of benzene rings is 1. The topological polar surface area (TPSA) is 20.3 Å². The van der Waals surface area contributed by atoms with Gasteiger partial charge in [0.05, 0.1) is 0 Å². The molecule has 0 saturated carbocycles. The molecule has 0 unspecified atom stereocenters. The van der Waals surface area contributed by atoms with Crippen molar-refractivity contribution in [1.82, 2.24) is 4.90 Å². The Morgan fingerprint density at radius 1 is 1.41 bits per heavy atom. The van der Waals surface area contributed by atoms with Crippen LogP contribution in [0.5, 0.6) is 0 Å². The number of carbonyl (C=O) groups is 1. The van der Waals surface area contributed by atoms with E-state index in [9.17, 15) is 4.79 Å². The lowest BCUT2D eigenvalue weighted by molar-refractivity contribution is 0.0719. The molecule has 0 saturated heterocycles. The smallest absolute Gasteiger partial charge is 0.254 e. The second-order valence-corrected chi connectivity index (χ2v) is 6.08. The maximum absolute atomic E-state index is 12.3. The lowest BCUT2D eigenvalue weighted by Gasteiger charge is -2.26. The van der Waals surface area contributed by atoms with E-state index in [1.54, 1.807) is 18.2 Å². The van der Waals surface area contributed by atoms with Crippen molar-refractivity contribution in [2.24, 2.45) is 0 Å². The molecular weight excluding hydrogens is 369 g/mol. The summed E-state index contributed by atoms with van der Waals surface area (Å²) in [7, 11) is 0. The average molecular weight is 384 g/mol. The van der Waals surface area contributed by atoms with Gasteiger partial charge in [0.1, 0.15) is 0 Å². The first-order chi connectivity index (χ1) is 7.95. The number of rotatable bonds is 4. The molecule has 0 radical (unpaired) electrons. The Balaban J connectivity index is 3.00. The highest BCUT2D eigenvalue weighted by Crippen LogP contribution is 2.21. The molecule has 0 aliphatic carbocycles. The van der Waals surface area contributed by atoms with Gasteiger partial charge < -0.3 is 4.90 Å². The predicted octanol–water partition coefficient (Wildman–Crippen LogP) is 4.35. The lowest BCUT2D eigenvalue weighted by atomic mass is 10.1. The average Bonchev–Trinajstić information content (AvgIpc) is 2.23. The standard InChI is InChI=1S/C12H14Br2ClNO/c1-8(2)16(4-3-13)12(17)9-5-10(14)7-11(15)6-9/h5-8H,3-4H2,1-2H3. The summed E-state index contributed by atoms with van der Waals surface area (Å²) in [5.74, 6) is 0.00245. The van der Waals surface area contributed by atoms with Crippen LogP contribution in [0, 0.1) is 0 Å². The zero-order valence-corrected chi connectivity index (χ0v) is 13.6. The van der Waals surface area contributed by atoms with Crippen LogP contribution in [0.2, 0.25) is 5.02 Å². The van der Waals surface area contributed by atoms with Gasteiger partial charge in [-0.05, 0) is 32.0 Å². The summed E-state index contributed by atoms with van der Waals surface area (Å²) in [6, 6.07) is 5.41. The minimum Gasteiger partial charge on any atom is -0.335 e. The Hall–Kier alpha value is -0.0600. The van der Waals surface area contributed by atoms with Gasteiger partial charge in [0.25, 0.3) is 5.91 Å². The fraction of sp³-hybridized carbons (Fsp3) is 0.417. The first-order valence-corrected chi connectivity index (χ1v) is 7.58. The van der Waals surface area contributed by atoms with Crippen LogP contribution in [0.15, 0.2) is 22.7 Å². The van der Waals surface area contributed by atoms with Crippen molar-refractivity contribution in [2.45, 2.75) is 19.9 Å². The van der Waals surface area contributed by atoms with E-state index in [0.717, 1.165) is 9.80 Å². The first kappa shape index (κ1) is 15.0. The van der Waals surface area contributed by atoms with Crippen molar-refractivity contribution in [3.05, 3.63) is 33.3 Å². The van der Waals surface area contributed by atoms with Crippen LogP contribution in [0.25, 0.3) is 0 Å². The zero-order chi connectivity index (χ0) is 13.0. The molecule has 0 spiro atoms. The van der Waals surface area contributed by atoms with Crippen molar-refractivity contribution in [3.63, 3.8) is 0 Å². The number of halogens is 3. The van der Waals surface area contributed by atoms with Gasteiger partial charge in [0, 0.05) is 33.0 Å². The molecule has 2 nitrogen and oxygen atoms in total. The Morgan fingerprint density at radius 3 is 2.53 bits per heavy atom. The van der Waals surface area contributed by atoms with E-state index in [4.69, 9.17) is 11.6 Å². The quantitative estimate of drug-likeness (QED) is 0.708. The van der Waals surface area contributed by atoms with Crippen LogP contribution in [0.4, 0.5) is 0 Å². The third kappa shape index (κ3) is 4.27. The second-order valence-electron chi connectivity index (χ2n) is 3.94. The molecule has 1 aromatic carbocycles. The molecule has 1 amide bonds. The van der Waals surface area contributed by atoms with E-state index in [1.807, 2.05) is 18.7 Å². The molecule has 17 heavy (non-hydrogen) atoms. The molecule has 5 heteroatoms. The second kappa shape index (κ2) is 6.76. The highest BCUT2D eigenvalue weighted by atomic mass is 79.9.